The zero-order chi connectivity index (χ0) is 16.2. The summed E-state index contributed by atoms with van der Waals surface area (Å²) in [6.07, 6.45) is 1.37. The van der Waals surface area contributed by atoms with E-state index >= 15 is 0 Å². The van der Waals surface area contributed by atoms with Gasteiger partial charge in [0, 0.05) is 31.8 Å². The zero-order valence-corrected chi connectivity index (χ0v) is 13.9. The molecule has 1 aliphatic rings. The normalized spacial score (nSPS) is 19.5. The zero-order valence-electron chi connectivity index (χ0n) is 13.9. The summed E-state index contributed by atoms with van der Waals surface area (Å²) in [4.78, 5) is 36.9. The minimum atomic E-state index is -0.221. The van der Waals surface area contributed by atoms with Gasteiger partial charge in [-0.1, -0.05) is 34.6 Å². The molecule has 1 fully saturated rings. The number of rotatable bonds is 6. The maximum Gasteiger partial charge on any atom is 0.233 e. The molecule has 0 spiro atoms. The summed E-state index contributed by atoms with van der Waals surface area (Å²) in [6.45, 7) is 11.1. The first-order valence-electron chi connectivity index (χ1n) is 7.72. The van der Waals surface area contributed by atoms with Gasteiger partial charge in [-0.15, -0.1) is 0 Å². The molecule has 5 heteroatoms. The lowest BCUT2D eigenvalue weighted by Gasteiger charge is -2.19. The number of hydrogen-bond donors (Lipinski definition) is 1. The molecule has 1 unspecified atom stereocenters. The van der Waals surface area contributed by atoms with Crippen LogP contribution in [0.25, 0.3) is 0 Å². The molecular weight excluding hydrogens is 268 g/mol. The van der Waals surface area contributed by atoms with Crippen LogP contribution in [-0.4, -0.2) is 35.7 Å². The summed E-state index contributed by atoms with van der Waals surface area (Å²) in [5.41, 5.74) is 0.179. The van der Waals surface area contributed by atoms with Gasteiger partial charge >= 0.3 is 0 Å². The van der Waals surface area contributed by atoms with E-state index in [2.05, 4.69) is 26.1 Å². The second-order valence-electron chi connectivity index (χ2n) is 7.35. The predicted octanol–water partition coefficient (Wildman–Crippen LogP) is 1.96. The fraction of sp³-hybridized carbons (Fsp3) is 0.812. The van der Waals surface area contributed by atoms with Crippen LogP contribution >= 0.6 is 0 Å². The Kier molecular flexibility index (Phi) is 5.93. The van der Waals surface area contributed by atoms with Crippen LogP contribution in [0.1, 0.15) is 53.9 Å². The molecule has 1 atom stereocenters. The van der Waals surface area contributed by atoms with Crippen LogP contribution in [-0.2, 0) is 14.4 Å². The van der Waals surface area contributed by atoms with E-state index in [0.29, 0.717) is 6.54 Å². The summed E-state index contributed by atoms with van der Waals surface area (Å²) in [5.74, 6) is -0.444. The monoisotopic (exact) mass is 296 g/mol. The van der Waals surface area contributed by atoms with Gasteiger partial charge in [0.05, 0.1) is 0 Å². The van der Waals surface area contributed by atoms with Gasteiger partial charge in [0.15, 0.2) is 0 Å². The summed E-state index contributed by atoms with van der Waals surface area (Å²) in [5, 5.41) is 2.84. The van der Waals surface area contributed by atoms with Gasteiger partial charge in [-0.25, -0.2) is 0 Å². The van der Waals surface area contributed by atoms with Gasteiger partial charge < -0.3 is 5.32 Å². The highest BCUT2D eigenvalue weighted by Gasteiger charge is 2.39. The molecule has 1 aliphatic heterocycles. The second kappa shape index (κ2) is 7.05. The number of carbonyl (C=O) groups excluding carboxylic acids is 3. The van der Waals surface area contributed by atoms with Crippen molar-refractivity contribution in [2.45, 2.75) is 53.9 Å². The van der Waals surface area contributed by atoms with Crippen LogP contribution in [0.2, 0.25) is 0 Å². The van der Waals surface area contributed by atoms with Crippen molar-refractivity contribution in [3.05, 3.63) is 0 Å². The first kappa shape index (κ1) is 17.7. The molecule has 1 saturated heterocycles. The van der Waals surface area contributed by atoms with E-state index in [4.69, 9.17) is 0 Å². The Bertz CT molecular complexity index is 410. The first-order valence-corrected chi connectivity index (χ1v) is 7.72. The molecular formula is C16H28N2O3. The molecule has 0 aromatic carbocycles. The van der Waals surface area contributed by atoms with Gasteiger partial charge in [0.2, 0.25) is 17.7 Å². The molecule has 0 bridgehead atoms. The smallest absolute Gasteiger partial charge is 0.233 e. The molecule has 0 aromatic rings. The average Bonchev–Trinajstić information content (AvgIpc) is 2.61. The number of hydrogen-bond acceptors (Lipinski definition) is 3. The Balaban J connectivity index is 2.36. The summed E-state index contributed by atoms with van der Waals surface area (Å²) in [7, 11) is 0. The largest absolute Gasteiger partial charge is 0.356 e. The third-order valence-electron chi connectivity index (χ3n) is 3.84. The standard InChI is InChI=1S/C16H28N2O3/c1-11(2)12-10-14(20)18(15(12)21)9-6-13(19)17-8-7-16(3,4)5/h11-12H,6-10H2,1-5H3,(H,17,19). The van der Waals surface area contributed by atoms with E-state index in [1.54, 1.807) is 0 Å². The molecule has 0 saturated carbocycles. The Labute approximate surface area is 127 Å². The average molecular weight is 296 g/mol. The van der Waals surface area contributed by atoms with Gasteiger partial charge in [0.25, 0.3) is 0 Å². The third-order valence-corrected chi connectivity index (χ3v) is 3.84. The SMILES string of the molecule is CC(C)C1CC(=O)N(CCC(=O)NCCC(C)(C)C)C1=O. The van der Waals surface area contributed by atoms with E-state index in [0.717, 1.165) is 6.42 Å². The van der Waals surface area contributed by atoms with Crippen molar-refractivity contribution in [2.75, 3.05) is 13.1 Å². The molecule has 0 aliphatic carbocycles. The fourth-order valence-corrected chi connectivity index (χ4v) is 2.34. The summed E-state index contributed by atoms with van der Waals surface area (Å²) < 4.78 is 0. The number of imide groups is 1. The maximum atomic E-state index is 12.1. The van der Waals surface area contributed by atoms with Crippen LogP contribution in [0.4, 0.5) is 0 Å². The van der Waals surface area contributed by atoms with Crippen LogP contribution in [0.5, 0.6) is 0 Å². The first-order chi connectivity index (χ1) is 9.61. The summed E-state index contributed by atoms with van der Waals surface area (Å²) >= 11 is 0. The lowest BCUT2D eigenvalue weighted by molar-refractivity contribution is -0.140. The van der Waals surface area contributed by atoms with E-state index in [1.165, 1.54) is 4.90 Å². The Morgan fingerprint density at radius 1 is 1.33 bits per heavy atom. The second-order valence-corrected chi connectivity index (χ2v) is 7.35. The predicted molar refractivity (Wildman–Crippen MR) is 81.4 cm³/mol. The van der Waals surface area contributed by atoms with Crippen molar-refractivity contribution in [3.8, 4) is 0 Å². The van der Waals surface area contributed by atoms with E-state index in [1.807, 2.05) is 13.8 Å². The van der Waals surface area contributed by atoms with Crippen LogP contribution in [0.15, 0.2) is 0 Å². The van der Waals surface area contributed by atoms with E-state index in [9.17, 15) is 14.4 Å². The Morgan fingerprint density at radius 3 is 2.43 bits per heavy atom. The summed E-state index contributed by atoms with van der Waals surface area (Å²) in [6, 6.07) is 0. The van der Waals surface area contributed by atoms with Crippen molar-refractivity contribution in [1.29, 1.82) is 0 Å². The third kappa shape index (κ3) is 5.48. The highest BCUT2D eigenvalue weighted by Crippen LogP contribution is 2.26. The fourth-order valence-electron chi connectivity index (χ4n) is 2.34. The van der Waals surface area contributed by atoms with E-state index < -0.39 is 0 Å². The van der Waals surface area contributed by atoms with Crippen molar-refractivity contribution >= 4 is 17.7 Å². The molecule has 3 amide bonds. The van der Waals surface area contributed by atoms with Crippen molar-refractivity contribution < 1.29 is 14.4 Å². The molecule has 0 aromatic heterocycles. The minimum absolute atomic E-state index is 0.104. The number of carbonyl (C=O) groups is 3. The number of likely N-dealkylation sites (tertiary alicyclic amines) is 1. The lowest BCUT2D eigenvalue weighted by Crippen LogP contribution is -2.36. The van der Waals surface area contributed by atoms with Crippen LogP contribution in [0, 0.1) is 17.3 Å². The quantitative estimate of drug-likeness (QED) is 0.762. The Hall–Kier alpha value is -1.39. The highest BCUT2D eigenvalue weighted by atomic mass is 16.2. The molecule has 21 heavy (non-hydrogen) atoms. The van der Waals surface area contributed by atoms with Crippen molar-refractivity contribution in [3.63, 3.8) is 0 Å². The van der Waals surface area contributed by atoms with Crippen LogP contribution in [0.3, 0.4) is 0 Å². The maximum absolute atomic E-state index is 12.1. The minimum Gasteiger partial charge on any atom is -0.356 e. The Morgan fingerprint density at radius 2 is 1.95 bits per heavy atom. The van der Waals surface area contributed by atoms with Gasteiger partial charge in [-0.05, 0) is 17.8 Å². The molecule has 120 valence electrons. The van der Waals surface area contributed by atoms with Crippen molar-refractivity contribution in [2.24, 2.45) is 17.3 Å². The number of amides is 3. The lowest BCUT2D eigenvalue weighted by atomic mass is 9.92. The van der Waals surface area contributed by atoms with Crippen LogP contribution < -0.4 is 5.32 Å². The molecule has 1 heterocycles. The van der Waals surface area contributed by atoms with Gasteiger partial charge in [-0.3, -0.25) is 19.3 Å². The molecule has 0 radical (unpaired) electrons. The molecule has 5 nitrogen and oxygen atoms in total. The highest BCUT2D eigenvalue weighted by molar-refractivity contribution is 6.03. The number of nitrogens with one attached hydrogen (secondary N) is 1. The topological polar surface area (TPSA) is 66.5 Å². The molecule has 1 rings (SSSR count). The molecule has 1 N–H and O–H groups in total. The van der Waals surface area contributed by atoms with Crippen molar-refractivity contribution in [1.82, 2.24) is 10.2 Å². The van der Waals surface area contributed by atoms with E-state index in [-0.39, 0.29) is 54.4 Å². The number of nitrogens with zero attached hydrogens (tertiary/aromatic N) is 1. The van der Waals surface area contributed by atoms with Gasteiger partial charge in [0.1, 0.15) is 0 Å². The van der Waals surface area contributed by atoms with Gasteiger partial charge in [-0.2, -0.15) is 0 Å².